The van der Waals surface area contributed by atoms with Crippen molar-refractivity contribution in [2.75, 3.05) is 19.8 Å². The van der Waals surface area contributed by atoms with Gasteiger partial charge in [-0.05, 0) is 6.42 Å². The van der Waals surface area contributed by atoms with Crippen LogP contribution in [-0.2, 0) is 4.79 Å². The van der Waals surface area contributed by atoms with Crippen molar-refractivity contribution in [2.24, 2.45) is 5.41 Å². The van der Waals surface area contributed by atoms with Gasteiger partial charge in [-0.2, -0.15) is 0 Å². The predicted octanol–water partition coefficient (Wildman–Crippen LogP) is -0.515. The number of carbonyl (C=O) groups is 1. The van der Waals surface area contributed by atoms with E-state index in [-0.39, 0.29) is 12.2 Å². The van der Waals surface area contributed by atoms with E-state index >= 15 is 0 Å². The molecule has 4 nitrogen and oxygen atoms in total. The molecule has 0 atom stereocenters. The summed E-state index contributed by atoms with van der Waals surface area (Å²) in [5.41, 5.74) is -1.39. The Morgan fingerprint density at radius 3 is 2.00 bits per heavy atom. The van der Waals surface area contributed by atoms with E-state index in [1.165, 1.54) is 0 Å². The lowest BCUT2D eigenvalue weighted by molar-refractivity contribution is -0.137. The van der Waals surface area contributed by atoms with E-state index in [0.717, 1.165) is 0 Å². The van der Waals surface area contributed by atoms with Gasteiger partial charge in [0.2, 0.25) is 0 Å². The normalized spacial score (nSPS) is 11.3. The van der Waals surface area contributed by atoms with Gasteiger partial charge < -0.3 is 15.3 Å². The maximum Gasteiger partial charge on any atom is 0.146 e. The third kappa shape index (κ3) is 2.91. The van der Waals surface area contributed by atoms with Crippen LogP contribution in [0.1, 0.15) is 12.8 Å². The Morgan fingerprint density at radius 2 is 1.69 bits per heavy atom. The van der Waals surface area contributed by atoms with Crippen LogP contribution in [0.5, 0.6) is 0 Å². The summed E-state index contributed by atoms with van der Waals surface area (Å²) in [6.45, 7) is 1.86. The highest BCUT2D eigenvalue weighted by Crippen LogP contribution is 2.19. The number of allylic oxidation sites excluding steroid dienone is 1. The second kappa shape index (κ2) is 5.85. The van der Waals surface area contributed by atoms with Crippen LogP contribution in [-0.4, -0.2) is 40.9 Å². The number of aliphatic hydroxyl groups is 3. The van der Waals surface area contributed by atoms with Gasteiger partial charge in [0, 0.05) is 6.42 Å². The van der Waals surface area contributed by atoms with Gasteiger partial charge in [0.25, 0.3) is 0 Å². The van der Waals surface area contributed by atoms with E-state index in [1.807, 2.05) is 0 Å². The molecule has 76 valence electrons. The first-order valence-corrected chi connectivity index (χ1v) is 4.13. The quantitative estimate of drug-likeness (QED) is 0.470. The average molecular weight is 188 g/mol. The molecule has 0 aromatic carbocycles. The third-order valence-electron chi connectivity index (χ3n) is 2.08. The van der Waals surface area contributed by atoms with Crippen molar-refractivity contribution in [3.05, 3.63) is 12.7 Å². The maximum absolute atomic E-state index is 11.4. The zero-order chi connectivity index (χ0) is 10.3. The maximum atomic E-state index is 11.4. The Bertz CT molecular complexity index is 164. The van der Waals surface area contributed by atoms with Crippen molar-refractivity contribution in [2.45, 2.75) is 12.8 Å². The smallest absolute Gasteiger partial charge is 0.146 e. The largest absolute Gasteiger partial charge is 0.395 e. The lowest BCUT2D eigenvalue weighted by atomic mass is 9.84. The second-order valence-corrected chi connectivity index (χ2v) is 3.01. The number of hydrogen-bond acceptors (Lipinski definition) is 4. The molecule has 0 aliphatic rings. The van der Waals surface area contributed by atoms with Crippen LogP contribution in [0.3, 0.4) is 0 Å². The Balaban J connectivity index is 4.34. The van der Waals surface area contributed by atoms with Crippen molar-refractivity contribution in [1.82, 2.24) is 0 Å². The Hall–Kier alpha value is -0.710. The van der Waals surface area contributed by atoms with Gasteiger partial charge >= 0.3 is 0 Å². The summed E-state index contributed by atoms with van der Waals surface area (Å²) in [4.78, 5) is 11.4. The summed E-state index contributed by atoms with van der Waals surface area (Å²) in [6, 6.07) is 0. The minimum absolute atomic E-state index is 0.186. The molecule has 0 bridgehead atoms. The minimum Gasteiger partial charge on any atom is -0.395 e. The first-order chi connectivity index (χ1) is 6.16. The van der Waals surface area contributed by atoms with E-state index in [0.29, 0.717) is 6.42 Å². The lowest BCUT2D eigenvalue weighted by Crippen LogP contribution is -2.41. The number of hydrogen-bond donors (Lipinski definition) is 3. The van der Waals surface area contributed by atoms with Crippen molar-refractivity contribution in [3.8, 4) is 0 Å². The van der Waals surface area contributed by atoms with Crippen LogP contribution >= 0.6 is 0 Å². The van der Waals surface area contributed by atoms with Crippen LogP contribution in [0.25, 0.3) is 0 Å². The van der Waals surface area contributed by atoms with E-state index in [4.69, 9.17) is 15.3 Å². The van der Waals surface area contributed by atoms with E-state index < -0.39 is 25.2 Å². The molecule has 0 radical (unpaired) electrons. The molecule has 0 heterocycles. The SMILES string of the molecule is C=CCCC(=O)C(CO)(CO)CO. The highest BCUT2D eigenvalue weighted by molar-refractivity contribution is 5.85. The monoisotopic (exact) mass is 188 g/mol. The fraction of sp³-hybridized carbons (Fsp3) is 0.667. The van der Waals surface area contributed by atoms with E-state index in [1.54, 1.807) is 6.08 Å². The zero-order valence-corrected chi connectivity index (χ0v) is 7.57. The van der Waals surface area contributed by atoms with Gasteiger partial charge in [0.05, 0.1) is 25.2 Å². The van der Waals surface area contributed by atoms with E-state index in [9.17, 15) is 4.79 Å². The molecule has 0 saturated heterocycles. The van der Waals surface area contributed by atoms with Gasteiger partial charge in [-0.1, -0.05) is 6.08 Å². The molecule has 0 amide bonds. The highest BCUT2D eigenvalue weighted by atomic mass is 16.3. The summed E-state index contributed by atoms with van der Waals surface area (Å²) >= 11 is 0. The standard InChI is InChI=1S/C9H16O4/c1-2-3-4-8(13)9(5-10,6-11)7-12/h2,10-12H,1,3-7H2. The number of rotatable bonds is 7. The molecule has 0 rings (SSSR count). The van der Waals surface area contributed by atoms with Gasteiger partial charge in [0.1, 0.15) is 5.78 Å². The molecule has 0 aromatic heterocycles. The van der Waals surface area contributed by atoms with Crippen molar-refractivity contribution >= 4 is 5.78 Å². The topological polar surface area (TPSA) is 77.8 Å². The molecule has 3 N–H and O–H groups in total. The molecule has 0 spiro atoms. The summed E-state index contributed by atoms with van der Waals surface area (Å²) in [7, 11) is 0. The minimum atomic E-state index is -1.39. The molecule has 0 aromatic rings. The van der Waals surface area contributed by atoms with Crippen molar-refractivity contribution in [1.29, 1.82) is 0 Å². The van der Waals surface area contributed by atoms with Gasteiger partial charge in [0.15, 0.2) is 0 Å². The lowest BCUT2D eigenvalue weighted by Gasteiger charge is -2.25. The predicted molar refractivity (Wildman–Crippen MR) is 48.1 cm³/mol. The molecule has 13 heavy (non-hydrogen) atoms. The first-order valence-electron chi connectivity index (χ1n) is 4.13. The number of aliphatic hydroxyl groups excluding tert-OH is 3. The second-order valence-electron chi connectivity index (χ2n) is 3.01. The van der Waals surface area contributed by atoms with Gasteiger partial charge in [-0.25, -0.2) is 0 Å². The molecule has 0 aliphatic carbocycles. The summed E-state index contributed by atoms with van der Waals surface area (Å²) in [5, 5.41) is 26.6. The van der Waals surface area contributed by atoms with Crippen LogP contribution in [0.4, 0.5) is 0 Å². The molecular weight excluding hydrogens is 172 g/mol. The van der Waals surface area contributed by atoms with Crippen molar-refractivity contribution < 1.29 is 20.1 Å². The molecule has 0 unspecified atom stereocenters. The first kappa shape index (κ1) is 12.3. The van der Waals surface area contributed by atoms with Crippen molar-refractivity contribution in [3.63, 3.8) is 0 Å². The Morgan fingerprint density at radius 1 is 1.23 bits per heavy atom. The Labute approximate surface area is 77.5 Å². The molecule has 4 heteroatoms. The highest BCUT2D eigenvalue weighted by Gasteiger charge is 2.35. The van der Waals surface area contributed by atoms with Crippen LogP contribution in [0.15, 0.2) is 12.7 Å². The number of Topliss-reactive ketones (excluding diaryl/α,β-unsaturated/α-hetero) is 1. The molecule has 0 fully saturated rings. The number of carbonyl (C=O) groups excluding carboxylic acids is 1. The third-order valence-corrected chi connectivity index (χ3v) is 2.08. The van der Waals surface area contributed by atoms with Gasteiger partial charge in [-0.3, -0.25) is 4.79 Å². The fourth-order valence-corrected chi connectivity index (χ4v) is 0.913. The summed E-state index contributed by atoms with van der Waals surface area (Å²) < 4.78 is 0. The average Bonchev–Trinajstić information content (AvgIpc) is 2.18. The molecule has 0 saturated carbocycles. The Kier molecular flexibility index (Phi) is 5.53. The van der Waals surface area contributed by atoms with Crippen LogP contribution in [0.2, 0.25) is 0 Å². The van der Waals surface area contributed by atoms with E-state index in [2.05, 4.69) is 6.58 Å². The van der Waals surface area contributed by atoms with Gasteiger partial charge in [-0.15, -0.1) is 6.58 Å². The zero-order valence-electron chi connectivity index (χ0n) is 7.57. The molecular formula is C9H16O4. The number of ketones is 1. The molecule has 0 aliphatic heterocycles. The van der Waals surface area contributed by atoms with Crippen LogP contribution in [0, 0.1) is 5.41 Å². The van der Waals surface area contributed by atoms with Crippen LogP contribution < -0.4 is 0 Å². The summed E-state index contributed by atoms with van der Waals surface area (Å²) in [6.07, 6.45) is 2.25. The summed E-state index contributed by atoms with van der Waals surface area (Å²) in [5.74, 6) is -0.333. The fourth-order valence-electron chi connectivity index (χ4n) is 0.913.